The molecule has 0 aromatic heterocycles. The number of carbonyl (C=O) groups excluding carboxylic acids is 2. The van der Waals surface area contributed by atoms with Crippen molar-refractivity contribution in [2.45, 2.75) is 411 Å². The van der Waals surface area contributed by atoms with Gasteiger partial charge in [-0.25, -0.2) is 0 Å². The summed E-state index contributed by atoms with van der Waals surface area (Å²) >= 11 is 0. The van der Waals surface area contributed by atoms with Gasteiger partial charge >= 0.3 is 5.97 Å². The minimum Gasteiger partial charge on any atom is -0.466 e. The van der Waals surface area contributed by atoms with E-state index in [2.05, 4.69) is 31.3 Å². The van der Waals surface area contributed by atoms with Crippen molar-refractivity contribution < 1.29 is 24.5 Å². The summed E-state index contributed by atoms with van der Waals surface area (Å²) in [5.74, 6) is -0.0405. The van der Waals surface area contributed by atoms with Crippen LogP contribution in [-0.2, 0) is 14.3 Å². The topological polar surface area (TPSA) is 95.9 Å². The fourth-order valence-electron chi connectivity index (χ4n) is 11.3. The van der Waals surface area contributed by atoms with Crippen LogP contribution in [0.25, 0.3) is 0 Å². The van der Waals surface area contributed by atoms with E-state index in [0.29, 0.717) is 19.4 Å². The quantitative estimate of drug-likeness (QED) is 0.0320. The Morgan fingerprint density at radius 3 is 0.910 bits per heavy atom. The number of aliphatic hydroxyl groups excluding tert-OH is 2. The number of esters is 1. The summed E-state index contributed by atoms with van der Waals surface area (Å²) < 4.78 is 5.48. The molecule has 2 atom stereocenters. The van der Waals surface area contributed by atoms with Crippen molar-refractivity contribution >= 4 is 11.9 Å². The predicted octanol–water partition coefficient (Wildman–Crippen LogP) is 22.9. The van der Waals surface area contributed by atoms with Crippen LogP contribution < -0.4 is 5.32 Å². The zero-order valence-corrected chi connectivity index (χ0v) is 52.9. The smallest absolute Gasteiger partial charge is 0.305 e. The van der Waals surface area contributed by atoms with Gasteiger partial charge in [-0.2, -0.15) is 0 Å². The number of allylic oxidation sites excluding steroid dienone is 3. The molecule has 0 rings (SSSR count). The highest BCUT2D eigenvalue weighted by molar-refractivity contribution is 5.76. The zero-order chi connectivity index (χ0) is 56.4. The van der Waals surface area contributed by atoms with E-state index < -0.39 is 12.1 Å². The van der Waals surface area contributed by atoms with Crippen LogP contribution in [0.3, 0.4) is 0 Å². The van der Waals surface area contributed by atoms with Crippen LogP contribution >= 0.6 is 0 Å². The molecule has 0 aromatic rings. The number of hydrogen-bond donors (Lipinski definition) is 3. The van der Waals surface area contributed by atoms with E-state index in [1.54, 1.807) is 6.08 Å². The molecule has 3 N–H and O–H groups in total. The second-order valence-electron chi connectivity index (χ2n) is 24.6. The molecule has 0 aliphatic heterocycles. The van der Waals surface area contributed by atoms with Crippen molar-refractivity contribution in [3.05, 3.63) is 24.3 Å². The Balaban J connectivity index is 3.32. The molecule has 0 aliphatic carbocycles. The van der Waals surface area contributed by atoms with Gasteiger partial charge in [-0.1, -0.05) is 353 Å². The van der Waals surface area contributed by atoms with Crippen LogP contribution in [-0.4, -0.2) is 47.4 Å². The van der Waals surface area contributed by atoms with Crippen molar-refractivity contribution in [2.24, 2.45) is 0 Å². The molecule has 2 unspecified atom stereocenters. The molecule has 78 heavy (non-hydrogen) atoms. The molecule has 0 heterocycles. The Hall–Kier alpha value is -1.66. The van der Waals surface area contributed by atoms with Gasteiger partial charge < -0.3 is 20.3 Å². The maximum absolute atomic E-state index is 12.5. The number of hydrogen-bond acceptors (Lipinski definition) is 5. The first-order chi connectivity index (χ1) is 38.5. The molecule has 0 fully saturated rings. The van der Waals surface area contributed by atoms with E-state index in [1.807, 2.05) is 6.08 Å². The van der Waals surface area contributed by atoms with E-state index >= 15 is 0 Å². The third kappa shape index (κ3) is 63.5. The summed E-state index contributed by atoms with van der Waals surface area (Å²) in [6, 6.07) is -0.623. The molecule has 0 aromatic carbocycles. The monoisotopic (exact) mass is 1100 g/mol. The van der Waals surface area contributed by atoms with Crippen molar-refractivity contribution in [2.75, 3.05) is 13.2 Å². The highest BCUT2D eigenvalue weighted by Gasteiger charge is 2.18. The van der Waals surface area contributed by atoms with Crippen LogP contribution in [0.5, 0.6) is 0 Å². The lowest BCUT2D eigenvalue weighted by molar-refractivity contribution is -0.143. The molecule has 0 radical (unpaired) electrons. The van der Waals surface area contributed by atoms with Gasteiger partial charge in [0.25, 0.3) is 0 Å². The van der Waals surface area contributed by atoms with Gasteiger partial charge in [-0.3, -0.25) is 9.59 Å². The van der Waals surface area contributed by atoms with Gasteiger partial charge in [0.2, 0.25) is 5.91 Å². The van der Waals surface area contributed by atoms with E-state index in [1.165, 1.54) is 334 Å². The molecule has 462 valence electrons. The van der Waals surface area contributed by atoms with E-state index in [-0.39, 0.29) is 18.5 Å². The second kappa shape index (κ2) is 67.8. The number of aliphatic hydroxyl groups is 2. The molecular formula is C72H139NO5. The van der Waals surface area contributed by atoms with Crippen molar-refractivity contribution in [1.82, 2.24) is 5.32 Å². The van der Waals surface area contributed by atoms with Crippen molar-refractivity contribution in [3.8, 4) is 0 Å². The Labute approximate surface area is 488 Å². The van der Waals surface area contributed by atoms with Gasteiger partial charge in [0.15, 0.2) is 0 Å². The standard InChI is InChI=1S/C72H139NO5/c1-3-5-7-9-11-13-15-44-48-52-56-60-64-70(75)69(68-74)73-71(76)65-61-57-53-49-45-42-40-38-36-34-32-30-28-26-24-22-20-18-17-19-21-23-25-27-29-31-33-35-37-39-41-43-47-51-55-59-63-67-78-72(77)66-62-58-54-50-46-16-14-12-10-8-6-4-2/h17,19,60,64,69-70,74-75H,3-16,18,20-59,61-63,65-68H2,1-2H3,(H,73,76)/b19-17-,64-60+. The molecule has 0 saturated heterocycles. The van der Waals surface area contributed by atoms with Gasteiger partial charge in [0, 0.05) is 12.8 Å². The van der Waals surface area contributed by atoms with Crippen LogP contribution in [0, 0.1) is 0 Å². The van der Waals surface area contributed by atoms with Crippen LogP contribution in [0.1, 0.15) is 399 Å². The molecular weight excluding hydrogens is 959 g/mol. The molecule has 0 aliphatic rings. The molecule has 0 spiro atoms. The fourth-order valence-corrected chi connectivity index (χ4v) is 11.3. The second-order valence-corrected chi connectivity index (χ2v) is 24.6. The van der Waals surface area contributed by atoms with Gasteiger partial charge in [0.05, 0.1) is 25.4 Å². The van der Waals surface area contributed by atoms with Crippen LogP contribution in [0.15, 0.2) is 24.3 Å². The number of nitrogens with one attached hydrogen (secondary N) is 1. The molecule has 6 heteroatoms. The van der Waals surface area contributed by atoms with Crippen molar-refractivity contribution in [1.29, 1.82) is 0 Å². The summed E-state index contributed by atoms with van der Waals surface area (Å²) in [6.07, 6.45) is 85.7. The highest BCUT2D eigenvalue weighted by atomic mass is 16.5. The van der Waals surface area contributed by atoms with E-state index in [0.717, 1.165) is 38.5 Å². The highest BCUT2D eigenvalue weighted by Crippen LogP contribution is 2.19. The lowest BCUT2D eigenvalue weighted by Gasteiger charge is -2.20. The maximum atomic E-state index is 12.5. The fraction of sp³-hybridized carbons (Fsp3) is 0.917. The first kappa shape index (κ1) is 76.3. The SMILES string of the molecule is CCCCCCCCCCCC/C=C/C(O)C(CO)NC(=O)CCCCCCCCCCCCCCCCCCC/C=C\CCCCCCCCCCCCCCCCCCOC(=O)CCCCCCCCCCCCCC. The third-order valence-corrected chi connectivity index (χ3v) is 16.7. The average Bonchev–Trinajstić information content (AvgIpc) is 3.44. The van der Waals surface area contributed by atoms with Crippen LogP contribution in [0.2, 0.25) is 0 Å². The molecule has 0 saturated carbocycles. The first-order valence-electron chi connectivity index (χ1n) is 35.6. The maximum Gasteiger partial charge on any atom is 0.305 e. The number of unbranched alkanes of at least 4 members (excludes halogenated alkanes) is 54. The first-order valence-corrected chi connectivity index (χ1v) is 35.6. The number of rotatable bonds is 67. The van der Waals surface area contributed by atoms with Gasteiger partial charge in [0.1, 0.15) is 0 Å². The Bertz CT molecular complexity index is 1220. The number of amides is 1. The van der Waals surface area contributed by atoms with Crippen molar-refractivity contribution in [3.63, 3.8) is 0 Å². The Morgan fingerprint density at radius 2 is 0.603 bits per heavy atom. The minimum atomic E-state index is -0.840. The molecule has 0 bridgehead atoms. The largest absolute Gasteiger partial charge is 0.466 e. The predicted molar refractivity (Wildman–Crippen MR) is 343 cm³/mol. The van der Waals surface area contributed by atoms with Gasteiger partial charge in [-0.15, -0.1) is 0 Å². The lowest BCUT2D eigenvalue weighted by Crippen LogP contribution is -2.45. The molecule has 1 amide bonds. The van der Waals surface area contributed by atoms with E-state index in [4.69, 9.17) is 4.74 Å². The summed E-state index contributed by atoms with van der Waals surface area (Å²) in [5, 5.41) is 23.1. The summed E-state index contributed by atoms with van der Waals surface area (Å²) in [5.41, 5.74) is 0. The number of carbonyl (C=O) groups is 2. The average molecular weight is 1100 g/mol. The summed E-state index contributed by atoms with van der Waals surface area (Å²) in [6.45, 7) is 4.93. The van der Waals surface area contributed by atoms with Gasteiger partial charge in [-0.05, 0) is 57.8 Å². The molecule has 6 nitrogen and oxygen atoms in total. The zero-order valence-electron chi connectivity index (χ0n) is 52.9. The normalized spacial score (nSPS) is 12.6. The minimum absolute atomic E-state index is 0.0224. The summed E-state index contributed by atoms with van der Waals surface area (Å²) in [4.78, 5) is 24.5. The third-order valence-electron chi connectivity index (χ3n) is 16.7. The summed E-state index contributed by atoms with van der Waals surface area (Å²) in [7, 11) is 0. The Morgan fingerprint density at radius 1 is 0.346 bits per heavy atom. The van der Waals surface area contributed by atoms with E-state index in [9.17, 15) is 19.8 Å². The number of ether oxygens (including phenoxy) is 1. The lowest BCUT2D eigenvalue weighted by atomic mass is 10.0. The van der Waals surface area contributed by atoms with Crippen LogP contribution in [0.4, 0.5) is 0 Å². The Kier molecular flexibility index (Phi) is 66.4.